The lowest BCUT2D eigenvalue weighted by molar-refractivity contribution is -0.137. The van der Waals surface area contributed by atoms with Crippen LogP contribution < -0.4 is 4.74 Å². The maximum Gasteiger partial charge on any atom is 0.417 e. The van der Waals surface area contributed by atoms with Crippen molar-refractivity contribution in [1.29, 1.82) is 5.26 Å². The Kier molecular flexibility index (Phi) is 3.86. The highest BCUT2D eigenvalue weighted by atomic mass is 35.5. The van der Waals surface area contributed by atoms with E-state index in [1.165, 1.54) is 18.2 Å². The first kappa shape index (κ1) is 14.2. The standard InChI is InChI=1S/C14H7ClF3NO/c15-12-6-5-10(7-11(12)14(16,17)18)20-13-4-2-1-3-9(13)8-19/h1-7H. The summed E-state index contributed by atoms with van der Waals surface area (Å²) in [4.78, 5) is 0. The molecule has 102 valence electrons. The van der Waals surface area contributed by atoms with Gasteiger partial charge in [-0.2, -0.15) is 18.4 Å². The molecule has 2 nitrogen and oxygen atoms in total. The van der Waals surface area contributed by atoms with Crippen LogP contribution in [0.5, 0.6) is 11.5 Å². The van der Waals surface area contributed by atoms with E-state index < -0.39 is 16.8 Å². The summed E-state index contributed by atoms with van der Waals surface area (Å²) in [6.45, 7) is 0. The highest BCUT2D eigenvalue weighted by Crippen LogP contribution is 2.37. The SMILES string of the molecule is N#Cc1ccccc1Oc1ccc(Cl)c(C(F)(F)F)c1. The van der Waals surface area contributed by atoms with Crippen molar-refractivity contribution >= 4 is 11.6 Å². The molecule has 0 unspecified atom stereocenters. The van der Waals surface area contributed by atoms with Crippen LogP contribution in [0.1, 0.15) is 11.1 Å². The van der Waals surface area contributed by atoms with Gasteiger partial charge in [-0.15, -0.1) is 0 Å². The molecule has 0 amide bonds. The molecule has 0 fully saturated rings. The molecule has 2 aromatic rings. The molecule has 2 aromatic carbocycles. The van der Waals surface area contributed by atoms with Crippen molar-refractivity contribution in [3.05, 3.63) is 58.6 Å². The summed E-state index contributed by atoms with van der Waals surface area (Å²) in [6.07, 6.45) is -4.56. The lowest BCUT2D eigenvalue weighted by Gasteiger charge is -2.12. The fraction of sp³-hybridized carbons (Fsp3) is 0.0714. The van der Waals surface area contributed by atoms with Gasteiger partial charge in [0, 0.05) is 0 Å². The number of para-hydroxylation sites is 1. The third kappa shape index (κ3) is 3.03. The van der Waals surface area contributed by atoms with E-state index in [0.717, 1.165) is 12.1 Å². The zero-order chi connectivity index (χ0) is 14.8. The minimum atomic E-state index is -4.56. The molecule has 0 spiro atoms. The molecule has 0 saturated carbocycles. The van der Waals surface area contributed by atoms with Gasteiger partial charge in [-0.05, 0) is 30.3 Å². The fourth-order valence-electron chi connectivity index (χ4n) is 1.56. The summed E-state index contributed by atoms with van der Waals surface area (Å²) in [5.74, 6) is 0.148. The quantitative estimate of drug-likeness (QED) is 0.779. The average molecular weight is 298 g/mol. The molecule has 6 heteroatoms. The number of hydrogen-bond acceptors (Lipinski definition) is 2. The number of ether oxygens (including phenoxy) is 1. The van der Waals surface area contributed by atoms with Crippen LogP contribution in [0.3, 0.4) is 0 Å². The van der Waals surface area contributed by atoms with Crippen LogP contribution in [0.4, 0.5) is 13.2 Å². The van der Waals surface area contributed by atoms with Gasteiger partial charge in [0.05, 0.1) is 16.1 Å². The number of alkyl halides is 3. The second-order valence-corrected chi connectivity index (χ2v) is 4.26. The highest BCUT2D eigenvalue weighted by molar-refractivity contribution is 6.31. The summed E-state index contributed by atoms with van der Waals surface area (Å²) < 4.78 is 43.5. The Morgan fingerprint density at radius 2 is 1.80 bits per heavy atom. The van der Waals surface area contributed by atoms with Gasteiger partial charge in [0.1, 0.15) is 17.6 Å². The van der Waals surface area contributed by atoms with Crippen LogP contribution in [0, 0.1) is 11.3 Å². The number of nitrogens with zero attached hydrogens (tertiary/aromatic N) is 1. The van der Waals surface area contributed by atoms with Crippen molar-refractivity contribution in [2.24, 2.45) is 0 Å². The Hall–Kier alpha value is -2.19. The molecule has 0 aliphatic rings. The van der Waals surface area contributed by atoms with Gasteiger partial charge < -0.3 is 4.74 Å². The summed E-state index contributed by atoms with van der Waals surface area (Å²) in [5.41, 5.74) is -0.748. The van der Waals surface area contributed by atoms with Crippen LogP contribution in [0.15, 0.2) is 42.5 Å². The lowest BCUT2D eigenvalue weighted by Crippen LogP contribution is -2.06. The van der Waals surface area contributed by atoms with Crippen molar-refractivity contribution in [2.75, 3.05) is 0 Å². The summed E-state index contributed by atoms with van der Waals surface area (Å²) >= 11 is 5.51. The Morgan fingerprint density at radius 1 is 1.10 bits per heavy atom. The number of halogens is 4. The second kappa shape index (κ2) is 5.43. The molecule has 0 saturated heterocycles. The molecule has 2 rings (SSSR count). The highest BCUT2D eigenvalue weighted by Gasteiger charge is 2.33. The molecule has 0 radical (unpaired) electrons. The number of rotatable bonds is 2. The van der Waals surface area contributed by atoms with Gasteiger partial charge in [0.25, 0.3) is 0 Å². The Morgan fingerprint density at radius 3 is 2.45 bits per heavy atom. The molecule has 0 aromatic heterocycles. The van der Waals surface area contributed by atoms with E-state index in [4.69, 9.17) is 21.6 Å². The number of hydrogen-bond donors (Lipinski definition) is 0. The first-order valence-electron chi connectivity index (χ1n) is 5.45. The van der Waals surface area contributed by atoms with Crippen LogP contribution in [-0.2, 0) is 6.18 Å². The zero-order valence-corrected chi connectivity index (χ0v) is 10.7. The van der Waals surface area contributed by atoms with Crippen molar-refractivity contribution < 1.29 is 17.9 Å². The molecular formula is C14H7ClF3NO. The topological polar surface area (TPSA) is 33.0 Å². The predicted octanol–water partition coefficient (Wildman–Crippen LogP) is 5.02. The summed E-state index contributed by atoms with van der Waals surface area (Å²) in [6, 6.07) is 11.4. The van der Waals surface area contributed by atoms with Crippen molar-refractivity contribution in [3.8, 4) is 17.6 Å². The minimum absolute atomic E-state index is 0.0376. The predicted molar refractivity (Wildman–Crippen MR) is 67.7 cm³/mol. The Labute approximate surface area is 118 Å². The fourth-order valence-corrected chi connectivity index (χ4v) is 1.78. The Bertz CT molecular complexity index is 677. The number of nitriles is 1. The van der Waals surface area contributed by atoms with E-state index in [-0.39, 0.29) is 17.1 Å². The maximum atomic E-state index is 12.7. The third-order valence-corrected chi connectivity index (χ3v) is 2.81. The van der Waals surface area contributed by atoms with E-state index in [0.29, 0.717) is 0 Å². The monoisotopic (exact) mass is 297 g/mol. The van der Waals surface area contributed by atoms with Crippen LogP contribution in [0.25, 0.3) is 0 Å². The van der Waals surface area contributed by atoms with Gasteiger partial charge in [0.2, 0.25) is 0 Å². The van der Waals surface area contributed by atoms with Gasteiger partial charge in [-0.25, -0.2) is 0 Å². The number of benzene rings is 2. The van der Waals surface area contributed by atoms with E-state index >= 15 is 0 Å². The van der Waals surface area contributed by atoms with E-state index in [2.05, 4.69) is 0 Å². The van der Waals surface area contributed by atoms with E-state index in [1.807, 2.05) is 6.07 Å². The molecule has 0 aliphatic heterocycles. The first-order valence-corrected chi connectivity index (χ1v) is 5.83. The largest absolute Gasteiger partial charge is 0.456 e. The van der Waals surface area contributed by atoms with Crippen molar-refractivity contribution in [1.82, 2.24) is 0 Å². The zero-order valence-electron chi connectivity index (χ0n) is 9.91. The van der Waals surface area contributed by atoms with Crippen molar-refractivity contribution in [3.63, 3.8) is 0 Å². The molecule has 0 atom stereocenters. The Balaban J connectivity index is 2.38. The minimum Gasteiger partial charge on any atom is -0.456 e. The third-order valence-electron chi connectivity index (χ3n) is 2.48. The van der Waals surface area contributed by atoms with Gasteiger partial charge in [0.15, 0.2) is 0 Å². The first-order chi connectivity index (χ1) is 9.41. The molecule has 0 heterocycles. The molecule has 20 heavy (non-hydrogen) atoms. The lowest BCUT2D eigenvalue weighted by atomic mass is 10.2. The smallest absolute Gasteiger partial charge is 0.417 e. The van der Waals surface area contributed by atoms with Crippen LogP contribution >= 0.6 is 11.6 Å². The maximum absolute atomic E-state index is 12.7. The van der Waals surface area contributed by atoms with Crippen LogP contribution in [0.2, 0.25) is 5.02 Å². The molecule has 0 N–H and O–H groups in total. The van der Waals surface area contributed by atoms with Crippen molar-refractivity contribution in [2.45, 2.75) is 6.18 Å². The summed E-state index contributed by atoms with van der Waals surface area (Å²) in [5, 5.41) is 8.49. The normalized spacial score (nSPS) is 10.9. The van der Waals surface area contributed by atoms with Crippen LogP contribution in [-0.4, -0.2) is 0 Å². The molecule has 0 aliphatic carbocycles. The van der Waals surface area contributed by atoms with E-state index in [9.17, 15) is 13.2 Å². The van der Waals surface area contributed by atoms with E-state index in [1.54, 1.807) is 12.1 Å². The second-order valence-electron chi connectivity index (χ2n) is 3.85. The van der Waals surface area contributed by atoms with Gasteiger partial charge in [-0.1, -0.05) is 23.7 Å². The average Bonchev–Trinajstić information content (AvgIpc) is 2.40. The van der Waals surface area contributed by atoms with Gasteiger partial charge in [-0.3, -0.25) is 0 Å². The molecular weight excluding hydrogens is 291 g/mol. The summed E-state index contributed by atoms with van der Waals surface area (Å²) in [7, 11) is 0. The van der Waals surface area contributed by atoms with Gasteiger partial charge >= 0.3 is 6.18 Å². The molecule has 0 bridgehead atoms.